The minimum absolute atomic E-state index is 0.0376. The number of carboxylic acids is 1. The molecule has 0 saturated heterocycles. The summed E-state index contributed by atoms with van der Waals surface area (Å²) in [7, 11) is 2.88. The van der Waals surface area contributed by atoms with Crippen molar-refractivity contribution in [3.05, 3.63) is 17.7 Å². The zero-order valence-corrected chi connectivity index (χ0v) is 13.6. The Balaban J connectivity index is 2.17. The number of hydrogen-bond acceptors (Lipinski definition) is 4. The van der Waals surface area contributed by atoms with E-state index in [4.69, 9.17) is 9.47 Å². The number of ether oxygens (including phenoxy) is 2. The summed E-state index contributed by atoms with van der Waals surface area (Å²) in [5.41, 5.74) is 0.362. The Hall–Kier alpha value is -2.24. The maximum Gasteiger partial charge on any atom is 0.335 e. The highest BCUT2D eigenvalue weighted by Gasteiger charge is 2.20. The van der Waals surface area contributed by atoms with Crippen molar-refractivity contribution in [2.75, 3.05) is 19.5 Å². The van der Waals surface area contributed by atoms with Crippen LogP contribution in [-0.2, 0) is 4.79 Å². The fourth-order valence-electron chi connectivity index (χ4n) is 3.04. The number of carbonyl (C=O) groups is 2. The Bertz CT molecular complexity index is 579. The Labute approximate surface area is 135 Å². The van der Waals surface area contributed by atoms with Gasteiger partial charge in [0, 0.05) is 6.42 Å². The van der Waals surface area contributed by atoms with Gasteiger partial charge < -0.3 is 19.9 Å². The molecule has 2 rings (SSSR count). The van der Waals surface area contributed by atoms with E-state index in [9.17, 15) is 14.7 Å². The molecule has 1 aliphatic rings. The Morgan fingerprint density at radius 2 is 1.87 bits per heavy atom. The van der Waals surface area contributed by atoms with E-state index in [0.717, 1.165) is 12.8 Å². The molecule has 1 aromatic rings. The van der Waals surface area contributed by atoms with E-state index >= 15 is 0 Å². The lowest BCUT2D eigenvalue weighted by Crippen LogP contribution is -2.19. The van der Waals surface area contributed by atoms with Gasteiger partial charge >= 0.3 is 5.97 Å². The van der Waals surface area contributed by atoms with Gasteiger partial charge in [-0.2, -0.15) is 0 Å². The highest BCUT2D eigenvalue weighted by atomic mass is 16.5. The maximum atomic E-state index is 12.3. The van der Waals surface area contributed by atoms with Crippen LogP contribution in [0.3, 0.4) is 0 Å². The summed E-state index contributed by atoms with van der Waals surface area (Å²) in [6, 6.07) is 2.76. The first-order chi connectivity index (χ1) is 11.0. The van der Waals surface area contributed by atoms with Gasteiger partial charge in [0.2, 0.25) is 5.91 Å². The number of rotatable bonds is 6. The Kier molecular flexibility index (Phi) is 5.84. The van der Waals surface area contributed by atoms with Crippen molar-refractivity contribution in [2.24, 2.45) is 5.92 Å². The summed E-state index contributed by atoms with van der Waals surface area (Å²) in [4.78, 5) is 23.5. The van der Waals surface area contributed by atoms with Crippen molar-refractivity contribution in [3.8, 4) is 11.5 Å². The van der Waals surface area contributed by atoms with Crippen LogP contribution >= 0.6 is 0 Å². The average Bonchev–Trinajstić information content (AvgIpc) is 2.54. The molecule has 1 aromatic carbocycles. The van der Waals surface area contributed by atoms with Crippen molar-refractivity contribution in [1.82, 2.24) is 0 Å². The lowest BCUT2D eigenvalue weighted by Gasteiger charge is -2.21. The smallest absolute Gasteiger partial charge is 0.335 e. The van der Waals surface area contributed by atoms with Crippen LogP contribution in [0, 0.1) is 5.92 Å². The van der Waals surface area contributed by atoms with Crippen LogP contribution in [0.25, 0.3) is 0 Å². The van der Waals surface area contributed by atoms with Gasteiger partial charge in [0.05, 0.1) is 25.5 Å². The topological polar surface area (TPSA) is 84.9 Å². The van der Waals surface area contributed by atoms with Crippen molar-refractivity contribution in [1.29, 1.82) is 0 Å². The van der Waals surface area contributed by atoms with Crippen LogP contribution in [-0.4, -0.2) is 31.2 Å². The second-order valence-electron chi connectivity index (χ2n) is 5.82. The first-order valence-corrected chi connectivity index (χ1v) is 7.84. The van der Waals surface area contributed by atoms with Gasteiger partial charge in [0.15, 0.2) is 11.5 Å². The van der Waals surface area contributed by atoms with Crippen LogP contribution in [0.4, 0.5) is 5.69 Å². The van der Waals surface area contributed by atoms with Crippen LogP contribution in [0.15, 0.2) is 12.1 Å². The van der Waals surface area contributed by atoms with Gasteiger partial charge in [-0.3, -0.25) is 4.79 Å². The molecule has 1 amide bonds. The molecule has 0 unspecified atom stereocenters. The minimum atomic E-state index is -1.09. The van der Waals surface area contributed by atoms with Crippen molar-refractivity contribution in [3.63, 3.8) is 0 Å². The second kappa shape index (κ2) is 7.85. The van der Waals surface area contributed by atoms with Gasteiger partial charge in [-0.25, -0.2) is 4.79 Å². The van der Waals surface area contributed by atoms with Crippen LogP contribution in [0.2, 0.25) is 0 Å². The lowest BCUT2D eigenvalue weighted by molar-refractivity contribution is -0.117. The Morgan fingerprint density at radius 3 is 2.43 bits per heavy atom. The third-order valence-corrected chi connectivity index (χ3v) is 4.20. The molecule has 0 bridgehead atoms. The predicted octanol–water partition coefficient (Wildman–Crippen LogP) is 3.31. The fraction of sp³-hybridized carbons (Fsp3) is 0.529. The molecule has 0 aliphatic heterocycles. The normalized spacial score (nSPS) is 15.0. The van der Waals surface area contributed by atoms with Gasteiger partial charge in [-0.05, 0) is 30.9 Å². The highest BCUT2D eigenvalue weighted by Crippen LogP contribution is 2.37. The van der Waals surface area contributed by atoms with Crippen molar-refractivity contribution >= 4 is 17.6 Å². The molecule has 6 heteroatoms. The molecule has 1 aliphatic carbocycles. The second-order valence-corrected chi connectivity index (χ2v) is 5.82. The quantitative estimate of drug-likeness (QED) is 0.839. The monoisotopic (exact) mass is 321 g/mol. The SMILES string of the molecule is COc1cc(C(=O)O)cc(NC(=O)CC2CCCCC2)c1OC. The average molecular weight is 321 g/mol. The number of hydrogen-bond donors (Lipinski definition) is 2. The number of methoxy groups -OCH3 is 2. The van der Waals surface area contributed by atoms with Gasteiger partial charge in [-0.15, -0.1) is 0 Å². The summed E-state index contributed by atoms with van der Waals surface area (Å²) >= 11 is 0. The molecule has 1 saturated carbocycles. The van der Waals surface area contributed by atoms with Crippen LogP contribution in [0.5, 0.6) is 11.5 Å². The molecule has 0 atom stereocenters. The molecule has 0 heterocycles. The van der Waals surface area contributed by atoms with E-state index in [0.29, 0.717) is 23.8 Å². The zero-order valence-electron chi connectivity index (χ0n) is 13.6. The van der Waals surface area contributed by atoms with E-state index < -0.39 is 5.97 Å². The number of carbonyl (C=O) groups excluding carboxylic acids is 1. The first-order valence-electron chi connectivity index (χ1n) is 7.84. The van der Waals surface area contributed by atoms with Crippen LogP contribution < -0.4 is 14.8 Å². The number of carboxylic acid groups (broad SMARTS) is 1. The molecule has 126 valence electrons. The van der Waals surface area contributed by atoms with E-state index in [1.165, 1.54) is 45.6 Å². The number of anilines is 1. The fourth-order valence-corrected chi connectivity index (χ4v) is 3.04. The number of nitrogens with one attached hydrogen (secondary N) is 1. The first kappa shape index (κ1) is 17.1. The van der Waals surface area contributed by atoms with E-state index in [2.05, 4.69) is 5.32 Å². The molecule has 23 heavy (non-hydrogen) atoms. The third-order valence-electron chi connectivity index (χ3n) is 4.20. The molecule has 2 N–H and O–H groups in total. The van der Waals surface area contributed by atoms with Crippen molar-refractivity contribution < 1.29 is 24.2 Å². The summed E-state index contributed by atoms with van der Waals surface area (Å²) in [6.07, 6.45) is 6.17. The molecule has 0 spiro atoms. The highest BCUT2D eigenvalue weighted by molar-refractivity contribution is 5.96. The van der Waals surface area contributed by atoms with Gasteiger partial charge in [0.25, 0.3) is 0 Å². The number of aromatic carboxylic acids is 1. The number of amides is 1. The summed E-state index contributed by atoms with van der Waals surface area (Å²) in [6.45, 7) is 0. The third kappa shape index (κ3) is 4.37. The van der Waals surface area contributed by atoms with E-state index in [-0.39, 0.29) is 17.2 Å². The molecular formula is C17H23NO5. The molecule has 6 nitrogen and oxygen atoms in total. The van der Waals surface area contributed by atoms with Crippen LogP contribution in [0.1, 0.15) is 48.9 Å². The van der Waals surface area contributed by atoms with Gasteiger partial charge in [-0.1, -0.05) is 19.3 Å². The summed E-state index contributed by atoms with van der Waals surface area (Å²) in [5, 5.41) is 12.0. The molecule has 0 aromatic heterocycles. The summed E-state index contributed by atoms with van der Waals surface area (Å²) < 4.78 is 10.4. The largest absolute Gasteiger partial charge is 0.493 e. The minimum Gasteiger partial charge on any atom is -0.493 e. The number of benzene rings is 1. The standard InChI is InChI=1S/C17H23NO5/c1-22-14-10-12(17(20)21)9-13(16(14)23-2)18-15(19)8-11-6-4-3-5-7-11/h9-11H,3-8H2,1-2H3,(H,18,19)(H,20,21). The Morgan fingerprint density at radius 1 is 1.17 bits per heavy atom. The maximum absolute atomic E-state index is 12.3. The van der Waals surface area contributed by atoms with Gasteiger partial charge in [0.1, 0.15) is 0 Å². The van der Waals surface area contributed by atoms with E-state index in [1.54, 1.807) is 0 Å². The summed E-state index contributed by atoms with van der Waals surface area (Å²) in [5.74, 6) is -0.206. The molecule has 0 radical (unpaired) electrons. The molecular weight excluding hydrogens is 298 g/mol. The zero-order chi connectivity index (χ0) is 16.8. The van der Waals surface area contributed by atoms with Crippen molar-refractivity contribution in [2.45, 2.75) is 38.5 Å². The molecule has 1 fully saturated rings. The van der Waals surface area contributed by atoms with E-state index in [1.807, 2.05) is 0 Å². The predicted molar refractivity (Wildman–Crippen MR) is 86.3 cm³/mol. The lowest BCUT2D eigenvalue weighted by atomic mass is 9.87.